The van der Waals surface area contributed by atoms with Crippen LogP contribution in [0.15, 0.2) is 0 Å². The summed E-state index contributed by atoms with van der Waals surface area (Å²) in [4.78, 5) is 0. The van der Waals surface area contributed by atoms with Gasteiger partial charge in [0.1, 0.15) is 0 Å². The Morgan fingerprint density at radius 2 is 0.391 bits per heavy atom. The number of unbranched alkanes of at least 4 members (excludes halogenated alkanes) is 16. The molecular formula is C22H48Li. The molecule has 0 bridgehead atoms. The van der Waals surface area contributed by atoms with E-state index in [2.05, 4.69) is 27.7 Å². The van der Waals surface area contributed by atoms with Crippen molar-refractivity contribution < 1.29 is 0 Å². The summed E-state index contributed by atoms with van der Waals surface area (Å²) in [7, 11) is 0. The summed E-state index contributed by atoms with van der Waals surface area (Å²) in [5, 5.41) is 0. The zero-order chi connectivity index (χ0) is 16.7. The third-order valence-corrected chi connectivity index (χ3v) is 4.41. The summed E-state index contributed by atoms with van der Waals surface area (Å²) in [6.45, 7) is 9.10. The van der Waals surface area contributed by atoms with Gasteiger partial charge in [0.2, 0.25) is 0 Å². The fourth-order valence-corrected chi connectivity index (χ4v) is 2.77. The van der Waals surface area contributed by atoms with Crippen molar-refractivity contribution in [2.45, 2.75) is 143 Å². The van der Waals surface area contributed by atoms with Gasteiger partial charge in [0.15, 0.2) is 0 Å². The van der Waals surface area contributed by atoms with E-state index in [1.54, 1.807) is 0 Å². The van der Waals surface area contributed by atoms with Crippen LogP contribution >= 0.6 is 0 Å². The molecule has 0 aromatic carbocycles. The molecule has 0 aliphatic rings. The molecular weight excluding hydrogens is 271 g/mol. The Morgan fingerprint density at radius 3 is 0.522 bits per heavy atom. The fraction of sp³-hybridized carbons (Fsp3) is 1.00. The van der Waals surface area contributed by atoms with Gasteiger partial charge in [-0.25, -0.2) is 0 Å². The van der Waals surface area contributed by atoms with E-state index in [1.165, 1.54) is 116 Å². The molecule has 0 aliphatic heterocycles. The first-order chi connectivity index (χ1) is 10.8. The maximum atomic E-state index is 2.27. The van der Waals surface area contributed by atoms with Crippen LogP contribution in [0.25, 0.3) is 0 Å². The van der Waals surface area contributed by atoms with E-state index in [9.17, 15) is 0 Å². The average Bonchev–Trinajstić information content (AvgIpc) is 2.54. The summed E-state index contributed by atoms with van der Waals surface area (Å²) in [6, 6.07) is 0. The van der Waals surface area contributed by atoms with Crippen LogP contribution in [-0.4, -0.2) is 18.9 Å². The average molecular weight is 320 g/mol. The maximum absolute atomic E-state index is 2.27. The van der Waals surface area contributed by atoms with E-state index in [1.807, 2.05) is 0 Å². The van der Waals surface area contributed by atoms with Crippen molar-refractivity contribution in [2.75, 3.05) is 0 Å². The zero-order valence-corrected chi connectivity index (χ0v) is 17.7. The van der Waals surface area contributed by atoms with Crippen molar-refractivity contribution in [3.63, 3.8) is 0 Å². The first-order valence-corrected chi connectivity index (χ1v) is 10.8. The smallest absolute Gasteiger partial charge is 0 e. The van der Waals surface area contributed by atoms with Gasteiger partial charge in [-0.05, 0) is 0 Å². The topological polar surface area (TPSA) is 0 Å². The number of hydrogen-bond acceptors (Lipinski definition) is 0. The minimum Gasteiger partial charge on any atom is -0.0654 e. The van der Waals surface area contributed by atoms with Crippen LogP contribution in [0.5, 0.6) is 0 Å². The van der Waals surface area contributed by atoms with Crippen LogP contribution in [-0.2, 0) is 0 Å². The molecule has 137 valence electrons. The third kappa shape index (κ3) is 34.8. The number of hydrogen-bond donors (Lipinski definition) is 0. The van der Waals surface area contributed by atoms with E-state index in [4.69, 9.17) is 0 Å². The van der Waals surface area contributed by atoms with E-state index < -0.39 is 0 Å². The molecule has 0 unspecified atom stereocenters. The molecule has 0 aromatic rings. The van der Waals surface area contributed by atoms with Gasteiger partial charge < -0.3 is 0 Å². The van der Waals surface area contributed by atoms with Crippen molar-refractivity contribution in [3.05, 3.63) is 0 Å². The molecule has 0 amide bonds. The molecule has 0 aromatic heterocycles. The summed E-state index contributed by atoms with van der Waals surface area (Å²) in [5.41, 5.74) is 0. The number of rotatable bonds is 16. The molecule has 0 aliphatic carbocycles. The monoisotopic (exact) mass is 319 g/mol. The second kappa shape index (κ2) is 30.5. The van der Waals surface area contributed by atoms with Gasteiger partial charge in [-0.15, -0.1) is 0 Å². The van der Waals surface area contributed by atoms with Crippen molar-refractivity contribution in [2.24, 2.45) is 0 Å². The Morgan fingerprint density at radius 1 is 0.261 bits per heavy atom. The Labute approximate surface area is 162 Å². The largest absolute Gasteiger partial charge is 0.0654 e. The SMILES string of the molecule is CCCCCCCCCCC.CCCCCCCCCCC.[Li]. The van der Waals surface area contributed by atoms with E-state index >= 15 is 0 Å². The molecule has 1 heteroatoms. The predicted octanol–water partition coefficient (Wildman–Crippen LogP) is 8.69. The first kappa shape index (κ1) is 28.4. The molecule has 0 heterocycles. The summed E-state index contributed by atoms with van der Waals surface area (Å²) in [5.74, 6) is 0. The van der Waals surface area contributed by atoms with Gasteiger partial charge in [0.05, 0.1) is 0 Å². The van der Waals surface area contributed by atoms with Crippen LogP contribution in [0.2, 0.25) is 0 Å². The maximum Gasteiger partial charge on any atom is 0 e. The molecule has 0 saturated carbocycles. The van der Waals surface area contributed by atoms with Crippen molar-refractivity contribution in [3.8, 4) is 0 Å². The summed E-state index contributed by atoms with van der Waals surface area (Å²) < 4.78 is 0. The minimum absolute atomic E-state index is 0. The van der Waals surface area contributed by atoms with Gasteiger partial charge in [-0.2, -0.15) is 0 Å². The van der Waals surface area contributed by atoms with Crippen LogP contribution in [0, 0.1) is 0 Å². The second-order valence-corrected chi connectivity index (χ2v) is 6.95. The minimum atomic E-state index is 0. The third-order valence-electron chi connectivity index (χ3n) is 4.41. The van der Waals surface area contributed by atoms with E-state index in [0.717, 1.165) is 0 Å². The van der Waals surface area contributed by atoms with Gasteiger partial charge in [-0.3, -0.25) is 0 Å². The molecule has 0 nitrogen and oxygen atoms in total. The zero-order valence-electron chi connectivity index (χ0n) is 17.7. The molecule has 0 atom stereocenters. The van der Waals surface area contributed by atoms with Crippen LogP contribution in [0.3, 0.4) is 0 Å². The Bertz CT molecular complexity index is 122. The first-order valence-electron chi connectivity index (χ1n) is 10.8. The molecule has 0 rings (SSSR count). The Kier molecular flexibility index (Phi) is 37.6. The van der Waals surface area contributed by atoms with Gasteiger partial charge in [-0.1, -0.05) is 143 Å². The van der Waals surface area contributed by atoms with Crippen molar-refractivity contribution >= 4 is 18.9 Å². The van der Waals surface area contributed by atoms with E-state index in [-0.39, 0.29) is 18.9 Å². The standard InChI is InChI=1S/2C11H24.Li/c2*1-3-5-7-9-11-10-8-6-4-2;/h2*3-11H2,1-2H3;. The van der Waals surface area contributed by atoms with Gasteiger partial charge in [0.25, 0.3) is 0 Å². The molecule has 0 saturated heterocycles. The van der Waals surface area contributed by atoms with Gasteiger partial charge in [0, 0.05) is 18.9 Å². The predicted molar refractivity (Wildman–Crippen MR) is 112 cm³/mol. The van der Waals surface area contributed by atoms with Gasteiger partial charge >= 0.3 is 0 Å². The van der Waals surface area contributed by atoms with Crippen LogP contribution < -0.4 is 0 Å². The molecule has 23 heavy (non-hydrogen) atoms. The Balaban J connectivity index is -0.000000333. The van der Waals surface area contributed by atoms with Crippen LogP contribution in [0.4, 0.5) is 0 Å². The molecule has 0 N–H and O–H groups in total. The molecule has 0 spiro atoms. The Hall–Kier alpha value is 0.597. The van der Waals surface area contributed by atoms with Crippen molar-refractivity contribution in [1.29, 1.82) is 0 Å². The molecule has 0 fully saturated rings. The summed E-state index contributed by atoms with van der Waals surface area (Å²) in [6.07, 6.45) is 25.9. The normalized spacial score (nSPS) is 9.91. The van der Waals surface area contributed by atoms with E-state index in [0.29, 0.717) is 0 Å². The summed E-state index contributed by atoms with van der Waals surface area (Å²) >= 11 is 0. The van der Waals surface area contributed by atoms with Crippen molar-refractivity contribution in [1.82, 2.24) is 0 Å². The second-order valence-electron chi connectivity index (χ2n) is 6.95. The quantitative estimate of drug-likeness (QED) is 0.197. The molecule has 1 radical (unpaired) electrons. The van der Waals surface area contributed by atoms with Crippen LogP contribution in [0.1, 0.15) is 143 Å². The fourth-order valence-electron chi connectivity index (χ4n) is 2.77.